The van der Waals surface area contributed by atoms with Gasteiger partial charge in [0, 0.05) is 24.2 Å². The Balaban J connectivity index is 2.24. The van der Waals surface area contributed by atoms with Crippen molar-refractivity contribution >= 4 is 23.6 Å². The van der Waals surface area contributed by atoms with Gasteiger partial charge in [0.1, 0.15) is 5.03 Å². The van der Waals surface area contributed by atoms with Crippen LogP contribution in [0.2, 0.25) is 0 Å². The first kappa shape index (κ1) is 20.0. The van der Waals surface area contributed by atoms with Crippen LogP contribution in [-0.2, 0) is 4.79 Å². The predicted molar refractivity (Wildman–Crippen MR) is 105 cm³/mol. The van der Waals surface area contributed by atoms with Crippen LogP contribution >= 0.6 is 11.8 Å². The standard InChI is InChI=1S/C20H25N3O2S/c1-5-21-18(24)13-23(6-2)20(25)17-8-7-11-22-19(17)26-16-10-9-14(3)15(4)12-16/h7-12H,5-6,13H2,1-4H3,(H,21,24). The second-order valence-electron chi connectivity index (χ2n) is 5.98. The molecule has 1 heterocycles. The number of rotatable bonds is 7. The number of benzene rings is 1. The smallest absolute Gasteiger partial charge is 0.257 e. The van der Waals surface area contributed by atoms with Gasteiger partial charge in [0.15, 0.2) is 0 Å². The summed E-state index contributed by atoms with van der Waals surface area (Å²) in [7, 11) is 0. The van der Waals surface area contributed by atoms with E-state index in [1.54, 1.807) is 18.3 Å². The molecule has 1 aromatic heterocycles. The average Bonchev–Trinajstić information content (AvgIpc) is 2.63. The zero-order valence-electron chi connectivity index (χ0n) is 15.7. The average molecular weight is 372 g/mol. The topological polar surface area (TPSA) is 62.3 Å². The van der Waals surface area contributed by atoms with Crippen LogP contribution in [-0.4, -0.2) is 41.3 Å². The Labute approximate surface area is 159 Å². The molecule has 6 heteroatoms. The van der Waals surface area contributed by atoms with Crippen molar-refractivity contribution in [1.82, 2.24) is 15.2 Å². The lowest BCUT2D eigenvalue weighted by atomic mass is 10.1. The number of hydrogen-bond donors (Lipinski definition) is 1. The van der Waals surface area contributed by atoms with E-state index in [-0.39, 0.29) is 18.4 Å². The largest absolute Gasteiger partial charge is 0.355 e. The highest BCUT2D eigenvalue weighted by Crippen LogP contribution is 2.30. The lowest BCUT2D eigenvalue weighted by Gasteiger charge is -2.21. The number of hydrogen-bond acceptors (Lipinski definition) is 4. The molecule has 0 spiro atoms. The highest BCUT2D eigenvalue weighted by molar-refractivity contribution is 7.99. The van der Waals surface area contributed by atoms with Gasteiger partial charge in [-0.2, -0.15) is 0 Å². The van der Waals surface area contributed by atoms with Crippen molar-refractivity contribution in [1.29, 1.82) is 0 Å². The van der Waals surface area contributed by atoms with E-state index >= 15 is 0 Å². The molecule has 138 valence electrons. The SMILES string of the molecule is CCNC(=O)CN(CC)C(=O)c1cccnc1Sc1ccc(C)c(C)c1. The summed E-state index contributed by atoms with van der Waals surface area (Å²) < 4.78 is 0. The lowest BCUT2D eigenvalue weighted by Crippen LogP contribution is -2.40. The number of nitrogens with one attached hydrogen (secondary N) is 1. The maximum atomic E-state index is 12.9. The molecule has 5 nitrogen and oxygen atoms in total. The fraction of sp³-hybridized carbons (Fsp3) is 0.350. The van der Waals surface area contributed by atoms with E-state index in [1.165, 1.54) is 27.8 Å². The number of aromatic nitrogens is 1. The fourth-order valence-electron chi connectivity index (χ4n) is 2.45. The first-order chi connectivity index (χ1) is 12.5. The summed E-state index contributed by atoms with van der Waals surface area (Å²) >= 11 is 1.46. The molecule has 0 saturated carbocycles. The summed E-state index contributed by atoms with van der Waals surface area (Å²) in [5, 5.41) is 3.38. The molecule has 0 aliphatic carbocycles. The van der Waals surface area contributed by atoms with Crippen LogP contribution in [0.25, 0.3) is 0 Å². The number of carbonyl (C=O) groups is 2. The molecule has 0 fully saturated rings. The minimum Gasteiger partial charge on any atom is -0.355 e. The molecule has 0 radical (unpaired) electrons. The molecular formula is C20H25N3O2S. The Hall–Kier alpha value is -2.34. The maximum Gasteiger partial charge on any atom is 0.257 e. The fourth-order valence-corrected chi connectivity index (χ4v) is 3.42. The number of pyridine rings is 1. The second-order valence-corrected chi connectivity index (χ2v) is 7.04. The molecule has 26 heavy (non-hydrogen) atoms. The van der Waals surface area contributed by atoms with E-state index in [4.69, 9.17) is 0 Å². The monoisotopic (exact) mass is 371 g/mol. The molecule has 1 aromatic carbocycles. The molecule has 2 amide bonds. The van der Waals surface area contributed by atoms with Crippen LogP contribution in [0.4, 0.5) is 0 Å². The summed E-state index contributed by atoms with van der Waals surface area (Å²) in [6.45, 7) is 8.91. The van der Waals surface area contributed by atoms with E-state index in [2.05, 4.69) is 36.3 Å². The lowest BCUT2D eigenvalue weighted by molar-refractivity contribution is -0.121. The van der Waals surface area contributed by atoms with Crippen molar-refractivity contribution in [2.45, 2.75) is 37.6 Å². The second kappa shape index (κ2) is 9.38. The van der Waals surface area contributed by atoms with E-state index in [1.807, 2.05) is 19.9 Å². The molecule has 0 bridgehead atoms. The van der Waals surface area contributed by atoms with Crippen LogP contribution in [0.5, 0.6) is 0 Å². The van der Waals surface area contributed by atoms with Crippen molar-refractivity contribution in [3.8, 4) is 0 Å². The highest BCUT2D eigenvalue weighted by Gasteiger charge is 2.21. The van der Waals surface area contributed by atoms with Gasteiger partial charge in [-0.05, 0) is 63.1 Å². The summed E-state index contributed by atoms with van der Waals surface area (Å²) in [4.78, 5) is 31.8. The van der Waals surface area contributed by atoms with Gasteiger partial charge >= 0.3 is 0 Å². The maximum absolute atomic E-state index is 12.9. The Morgan fingerprint density at radius 3 is 2.58 bits per heavy atom. The van der Waals surface area contributed by atoms with Gasteiger partial charge < -0.3 is 10.2 Å². The first-order valence-electron chi connectivity index (χ1n) is 8.72. The van der Waals surface area contributed by atoms with Crippen molar-refractivity contribution < 1.29 is 9.59 Å². The zero-order valence-corrected chi connectivity index (χ0v) is 16.5. The van der Waals surface area contributed by atoms with E-state index < -0.39 is 0 Å². The van der Waals surface area contributed by atoms with E-state index in [0.29, 0.717) is 23.7 Å². The third-order valence-corrected chi connectivity index (χ3v) is 5.08. The normalized spacial score (nSPS) is 10.5. The molecule has 0 aliphatic rings. The molecule has 0 aliphatic heterocycles. The molecule has 0 atom stereocenters. The van der Waals surface area contributed by atoms with Crippen LogP contribution < -0.4 is 5.32 Å². The molecule has 2 aromatic rings. The molecule has 2 rings (SSSR count). The third-order valence-electron chi connectivity index (χ3n) is 4.07. The Morgan fingerprint density at radius 1 is 1.15 bits per heavy atom. The highest BCUT2D eigenvalue weighted by atomic mass is 32.2. The van der Waals surface area contributed by atoms with Gasteiger partial charge in [-0.15, -0.1) is 0 Å². The number of aryl methyl sites for hydroxylation is 2. The Bertz CT molecular complexity index is 792. The van der Waals surface area contributed by atoms with Crippen LogP contribution in [0.3, 0.4) is 0 Å². The minimum absolute atomic E-state index is 0.0474. The molecular weight excluding hydrogens is 346 g/mol. The summed E-state index contributed by atoms with van der Waals surface area (Å²) in [6.07, 6.45) is 1.68. The number of nitrogens with zero attached hydrogens (tertiary/aromatic N) is 2. The van der Waals surface area contributed by atoms with Crippen molar-refractivity contribution in [3.05, 3.63) is 53.2 Å². The van der Waals surface area contributed by atoms with Gasteiger partial charge in [-0.3, -0.25) is 9.59 Å². The van der Waals surface area contributed by atoms with Gasteiger partial charge in [-0.25, -0.2) is 4.98 Å². The quantitative estimate of drug-likeness (QED) is 0.810. The summed E-state index contributed by atoms with van der Waals surface area (Å²) in [6, 6.07) is 9.70. The van der Waals surface area contributed by atoms with Crippen molar-refractivity contribution in [3.63, 3.8) is 0 Å². The molecule has 1 N–H and O–H groups in total. The number of amides is 2. The first-order valence-corrected chi connectivity index (χ1v) is 9.54. The van der Waals surface area contributed by atoms with Gasteiger partial charge in [0.2, 0.25) is 5.91 Å². The van der Waals surface area contributed by atoms with Crippen LogP contribution in [0.15, 0.2) is 46.5 Å². The van der Waals surface area contributed by atoms with E-state index in [9.17, 15) is 9.59 Å². The van der Waals surface area contributed by atoms with Gasteiger partial charge in [0.05, 0.1) is 12.1 Å². The van der Waals surface area contributed by atoms with Crippen molar-refractivity contribution in [2.75, 3.05) is 19.6 Å². The summed E-state index contributed by atoms with van der Waals surface area (Å²) in [5.74, 6) is -0.340. The number of carbonyl (C=O) groups excluding carboxylic acids is 2. The minimum atomic E-state index is -0.182. The van der Waals surface area contributed by atoms with Crippen molar-refractivity contribution in [2.24, 2.45) is 0 Å². The van der Waals surface area contributed by atoms with Crippen LogP contribution in [0.1, 0.15) is 35.3 Å². The Morgan fingerprint density at radius 2 is 1.92 bits per heavy atom. The van der Waals surface area contributed by atoms with Crippen LogP contribution in [0, 0.1) is 13.8 Å². The molecule has 0 unspecified atom stereocenters. The third kappa shape index (κ3) is 5.08. The van der Waals surface area contributed by atoms with Gasteiger partial charge in [0.25, 0.3) is 5.91 Å². The summed E-state index contributed by atoms with van der Waals surface area (Å²) in [5.41, 5.74) is 2.94. The molecule has 0 saturated heterocycles. The van der Waals surface area contributed by atoms with Gasteiger partial charge in [-0.1, -0.05) is 17.8 Å². The Kier molecular flexibility index (Phi) is 7.21. The number of likely N-dealkylation sites (N-methyl/N-ethyl adjacent to an activating group) is 2. The van der Waals surface area contributed by atoms with E-state index in [0.717, 1.165) is 4.90 Å². The zero-order chi connectivity index (χ0) is 19.1. The predicted octanol–water partition coefficient (Wildman–Crippen LogP) is 3.45.